The Balaban J connectivity index is 1.81. The summed E-state index contributed by atoms with van der Waals surface area (Å²) in [5.74, 6) is 0.824. The average molecular weight is 273 g/mol. The normalized spacial score (nSPS) is 21.5. The number of hydrogen-bond donors (Lipinski definition) is 0. The number of morpholine rings is 1. The van der Waals surface area contributed by atoms with Crippen LogP contribution in [0.25, 0.3) is 5.76 Å². The van der Waals surface area contributed by atoms with E-state index < -0.39 is 0 Å². The van der Waals surface area contributed by atoms with Crippen molar-refractivity contribution in [2.75, 3.05) is 26.3 Å². The Morgan fingerprint density at radius 1 is 1.11 bits per heavy atom. The quantitative estimate of drug-likeness (QED) is 0.610. The van der Waals surface area contributed by atoms with Crippen LogP contribution in [0.3, 0.4) is 0 Å². The van der Waals surface area contributed by atoms with Crippen molar-refractivity contribution >= 4 is 23.0 Å². The van der Waals surface area contributed by atoms with Crippen LogP contribution in [0, 0.1) is 0 Å². The maximum atomic E-state index is 5.67. The van der Waals surface area contributed by atoms with Gasteiger partial charge in [0.25, 0.3) is 0 Å². The molecule has 1 aromatic rings. The topological polar surface area (TPSA) is 21.7 Å². The lowest BCUT2D eigenvalue weighted by atomic mass is 10.1. The third kappa shape index (κ3) is 2.85. The van der Waals surface area contributed by atoms with Gasteiger partial charge in [-0.2, -0.15) is 0 Å². The van der Waals surface area contributed by atoms with Gasteiger partial charge in [-0.3, -0.25) is 0 Å². The molecule has 0 saturated carbocycles. The molecule has 0 aromatic heterocycles. The van der Waals surface area contributed by atoms with Crippen LogP contribution in [-0.2, 0) is 9.47 Å². The third-order valence-electron chi connectivity index (χ3n) is 3.15. The summed E-state index contributed by atoms with van der Waals surface area (Å²) in [6, 6.07) is 10.0. The van der Waals surface area contributed by atoms with Crippen molar-refractivity contribution in [2.24, 2.45) is 0 Å². The molecule has 3 nitrogen and oxygen atoms in total. The van der Waals surface area contributed by atoms with Crippen LogP contribution in [0.2, 0.25) is 0 Å². The van der Waals surface area contributed by atoms with Crippen molar-refractivity contribution in [3.63, 3.8) is 0 Å². The Hall–Kier alpha value is -1.65. The smallest absolute Gasteiger partial charge is 0.199 e. The summed E-state index contributed by atoms with van der Waals surface area (Å²) in [6.07, 6.45) is 4.08. The van der Waals surface area contributed by atoms with E-state index in [9.17, 15) is 0 Å². The fraction of sp³-hybridized carbons (Fsp3) is 0.267. The van der Waals surface area contributed by atoms with Crippen LogP contribution >= 0.6 is 12.2 Å². The number of nitrogens with zero attached hydrogens (tertiary/aromatic N) is 1. The van der Waals surface area contributed by atoms with E-state index in [1.807, 2.05) is 36.4 Å². The Bertz CT molecular complexity index is 530. The number of ether oxygens (including phenoxy) is 2. The van der Waals surface area contributed by atoms with Gasteiger partial charge in [0, 0.05) is 30.4 Å². The second kappa shape index (κ2) is 5.55. The molecule has 2 aliphatic rings. The largest absolute Gasteiger partial charge is 0.445 e. The molecule has 3 rings (SSSR count). The Morgan fingerprint density at radius 3 is 2.58 bits per heavy atom. The first-order chi connectivity index (χ1) is 9.33. The summed E-state index contributed by atoms with van der Waals surface area (Å²) in [5, 5.41) is 0.547. The van der Waals surface area contributed by atoms with Gasteiger partial charge in [0.1, 0.15) is 5.76 Å². The lowest BCUT2D eigenvalue weighted by Crippen LogP contribution is -2.32. The predicted molar refractivity (Wildman–Crippen MR) is 78.6 cm³/mol. The first kappa shape index (κ1) is 12.4. The summed E-state index contributed by atoms with van der Waals surface area (Å²) in [4.78, 5) is 2.22. The highest BCUT2D eigenvalue weighted by Crippen LogP contribution is 2.27. The zero-order valence-electron chi connectivity index (χ0n) is 10.5. The van der Waals surface area contributed by atoms with Crippen molar-refractivity contribution in [1.82, 2.24) is 4.90 Å². The molecule has 2 aliphatic heterocycles. The Kier molecular flexibility index (Phi) is 3.62. The molecule has 0 N–H and O–H groups in total. The van der Waals surface area contributed by atoms with Gasteiger partial charge in [0.15, 0.2) is 5.05 Å². The van der Waals surface area contributed by atoms with Crippen LogP contribution in [0.1, 0.15) is 5.56 Å². The fourth-order valence-corrected chi connectivity index (χ4v) is 2.33. The molecular weight excluding hydrogens is 258 g/mol. The molecule has 0 atom stereocenters. The van der Waals surface area contributed by atoms with Gasteiger partial charge in [-0.25, -0.2) is 0 Å². The zero-order chi connectivity index (χ0) is 13.1. The van der Waals surface area contributed by atoms with Gasteiger partial charge in [-0.15, -0.1) is 0 Å². The lowest BCUT2D eigenvalue weighted by molar-refractivity contribution is 0.0592. The van der Waals surface area contributed by atoms with Crippen LogP contribution < -0.4 is 0 Å². The molecule has 0 radical (unpaired) electrons. The SMILES string of the molecule is S=C1OC(c2ccccc2)=C/C1=C\N1CCOCC1. The second-order valence-corrected chi connectivity index (χ2v) is 4.87. The Morgan fingerprint density at radius 2 is 1.84 bits per heavy atom. The molecular formula is C15H15NO2S. The molecule has 1 fully saturated rings. The third-order valence-corrected chi connectivity index (χ3v) is 3.47. The minimum atomic E-state index is 0.547. The van der Waals surface area contributed by atoms with E-state index in [2.05, 4.69) is 11.1 Å². The molecule has 98 valence electrons. The van der Waals surface area contributed by atoms with E-state index in [4.69, 9.17) is 21.7 Å². The number of benzene rings is 1. The molecule has 19 heavy (non-hydrogen) atoms. The maximum absolute atomic E-state index is 5.67. The first-order valence-corrected chi connectivity index (χ1v) is 6.77. The van der Waals surface area contributed by atoms with Crippen LogP contribution in [-0.4, -0.2) is 36.3 Å². The molecule has 0 amide bonds. The van der Waals surface area contributed by atoms with E-state index in [0.717, 1.165) is 43.2 Å². The summed E-state index contributed by atoms with van der Waals surface area (Å²) < 4.78 is 11.0. The summed E-state index contributed by atoms with van der Waals surface area (Å²) in [6.45, 7) is 3.35. The molecule has 4 heteroatoms. The van der Waals surface area contributed by atoms with E-state index in [1.54, 1.807) is 0 Å². The van der Waals surface area contributed by atoms with Gasteiger partial charge < -0.3 is 14.4 Å². The predicted octanol–water partition coefficient (Wildman–Crippen LogP) is 2.60. The maximum Gasteiger partial charge on any atom is 0.199 e. The van der Waals surface area contributed by atoms with E-state index in [1.165, 1.54) is 0 Å². The van der Waals surface area contributed by atoms with Crippen LogP contribution in [0.4, 0.5) is 0 Å². The van der Waals surface area contributed by atoms with Crippen molar-refractivity contribution in [3.8, 4) is 0 Å². The standard InChI is InChI=1S/C15H15NO2S/c19-15-13(11-16-6-8-17-9-7-16)10-14(18-15)12-4-2-1-3-5-12/h1-5,10-11H,6-9H2/b13-11+. The van der Waals surface area contributed by atoms with E-state index >= 15 is 0 Å². The Labute approximate surface area is 118 Å². The van der Waals surface area contributed by atoms with Crippen LogP contribution in [0.15, 0.2) is 48.2 Å². The zero-order valence-corrected chi connectivity index (χ0v) is 11.4. The molecule has 2 heterocycles. The monoisotopic (exact) mass is 273 g/mol. The summed E-state index contributed by atoms with van der Waals surface area (Å²) in [7, 11) is 0. The molecule has 0 aliphatic carbocycles. The minimum absolute atomic E-state index is 0.547. The van der Waals surface area contributed by atoms with Gasteiger partial charge in [0.2, 0.25) is 0 Å². The molecule has 1 aromatic carbocycles. The highest BCUT2D eigenvalue weighted by molar-refractivity contribution is 7.80. The fourth-order valence-electron chi connectivity index (χ4n) is 2.13. The van der Waals surface area contributed by atoms with Gasteiger partial charge in [-0.1, -0.05) is 30.3 Å². The highest BCUT2D eigenvalue weighted by Gasteiger charge is 2.19. The second-order valence-electron chi connectivity index (χ2n) is 4.50. The van der Waals surface area contributed by atoms with Crippen molar-refractivity contribution < 1.29 is 9.47 Å². The van der Waals surface area contributed by atoms with Crippen molar-refractivity contribution in [1.29, 1.82) is 0 Å². The van der Waals surface area contributed by atoms with Gasteiger partial charge in [0.05, 0.1) is 13.2 Å². The van der Waals surface area contributed by atoms with Crippen LogP contribution in [0.5, 0.6) is 0 Å². The minimum Gasteiger partial charge on any atom is -0.445 e. The number of hydrogen-bond acceptors (Lipinski definition) is 4. The first-order valence-electron chi connectivity index (χ1n) is 6.36. The molecule has 0 spiro atoms. The molecule has 1 saturated heterocycles. The van der Waals surface area contributed by atoms with E-state index in [-0.39, 0.29) is 0 Å². The number of rotatable bonds is 2. The summed E-state index contributed by atoms with van der Waals surface area (Å²) in [5.41, 5.74) is 2.02. The number of thiocarbonyl (C=S) groups is 1. The van der Waals surface area contributed by atoms with Gasteiger partial charge >= 0.3 is 0 Å². The molecule has 0 unspecified atom stereocenters. The van der Waals surface area contributed by atoms with Crippen molar-refractivity contribution in [3.05, 3.63) is 53.7 Å². The van der Waals surface area contributed by atoms with E-state index in [0.29, 0.717) is 5.05 Å². The van der Waals surface area contributed by atoms with Crippen molar-refractivity contribution in [2.45, 2.75) is 0 Å². The highest BCUT2D eigenvalue weighted by atomic mass is 32.1. The summed E-state index contributed by atoms with van der Waals surface area (Å²) >= 11 is 5.29. The average Bonchev–Trinajstić information content (AvgIpc) is 2.82. The lowest BCUT2D eigenvalue weighted by Gasteiger charge is -2.25. The molecule has 0 bridgehead atoms. The van der Waals surface area contributed by atoms with Gasteiger partial charge in [-0.05, 0) is 18.3 Å².